The number of carbonyl (C=O) groups excluding carboxylic acids is 1. The number of rotatable bonds is 6. The number of para-hydroxylation sites is 1. The van der Waals surface area contributed by atoms with Crippen LogP contribution in [0.3, 0.4) is 0 Å². The molecule has 0 aliphatic heterocycles. The van der Waals surface area contributed by atoms with Crippen LogP contribution in [-0.2, 0) is 6.54 Å². The van der Waals surface area contributed by atoms with E-state index in [2.05, 4.69) is 5.32 Å². The second-order valence-electron chi connectivity index (χ2n) is 5.22. The molecule has 0 bridgehead atoms. The van der Waals surface area contributed by atoms with Crippen molar-refractivity contribution >= 4 is 34.3 Å². The first kappa shape index (κ1) is 17.3. The Hall–Kier alpha value is -2.55. The van der Waals surface area contributed by atoms with Crippen molar-refractivity contribution < 1.29 is 14.8 Å². The van der Waals surface area contributed by atoms with Crippen molar-refractivity contribution in [3.05, 3.63) is 84.2 Å². The van der Waals surface area contributed by atoms with Gasteiger partial charge in [-0.3, -0.25) is 14.9 Å². The highest BCUT2D eigenvalue weighted by Gasteiger charge is 2.19. The van der Waals surface area contributed by atoms with Crippen molar-refractivity contribution in [3.8, 4) is 0 Å². The smallest absolute Gasteiger partial charge is 0.282 e. The van der Waals surface area contributed by atoms with Crippen molar-refractivity contribution in [2.24, 2.45) is 0 Å². The van der Waals surface area contributed by atoms with E-state index in [9.17, 15) is 20.0 Å². The number of nitrogens with zero attached hydrogens (tertiary/aromatic N) is 1. The minimum Gasteiger partial charge on any atom is -0.383 e. The predicted octanol–water partition coefficient (Wildman–Crippen LogP) is 3.73. The Morgan fingerprint density at radius 1 is 1.24 bits per heavy atom. The first-order valence-corrected chi connectivity index (χ1v) is 9.12. The number of carbonyl (C=O) groups is 1. The van der Waals surface area contributed by atoms with Gasteiger partial charge in [0.1, 0.15) is 11.7 Å². The number of aliphatic hydroxyl groups excluding tert-OH is 1. The number of aliphatic hydroxyl groups is 1. The molecular formula is C17H14N2O4S2. The van der Waals surface area contributed by atoms with Gasteiger partial charge >= 0.3 is 0 Å². The average Bonchev–Trinajstić information content (AvgIpc) is 3.31. The normalized spacial score (nSPS) is 11.9. The summed E-state index contributed by atoms with van der Waals surface area (Å²) in [5.41, 5.74) is 0.643. The van der Waals surface area contributed by atoms with Gasteiger partial charge in [-0.2, -0.15) is 11.3 Å². The fourth-order valence-electron chi connectivity index (χ4n) is 2.32. The Kier molecular flexibility index (Phi) is 5.22. The van der Waals surface area contributed by atoms with Crippen LogP contribution in [-0.4, -0.2) is 15.9 Å². The maximum atomic E-state index is 12.2. The van der Waals surface area contributed by atoms with E-state index in [1.165, 1.54) is 40.9 Å². The fourth-order valence-corrected chi connectivity index (χ4v) is 3.96. The molecule has 6 nitrogen and oxygen atoms in total. The van der Waals surface area contributed by atoms with E-state index in [4.69, 9.17) is 0 Å². The summed E-state index contributed by atoms with van der Waals surface area (Å²) in [6, 6.07) is 11.3. The van der Waals surface area contributed by atoms with Crippen LogP contribution in [0.2, 0.25) is 0 Å². The summed E-state index contributed by atoms with van der Waals surface area (Å²) in [6.45, 7) is 0.242. The SMILES string of the molecule is O=C(NCc1ccc(C(O)c2ccsc2)s1)c1ccccc1[N+](=O)[O-]. The van der Waals surface area contributed by atoms with Crippen LogP contribution in [0, 0.1) is 10.1 Å². The summed E-state index contributed by atoms with van der Waals surface area (Å²) < 4.78 is 0. The average molecular weight is 374 g/mol. The van der Waals surface area contributed by atoms with Gasteiger partial charge in [0.05, 0.1) is 11.5 Å². The van der Waals surface area contributed by atoms with Gasteiger partial charge in [0.2, 0.25) is 0 Å². The zero-order valence-electron chi connectivity index (χ0n) is 12.9. The first-order valence-electron chi connectivity index (χ1n) is 7.36. The molecule has 2 N–H and O–H groups in total. The van der Waals surface area contributed by atoms with E-state index in [0.29, 0.717) is 0 Å². The Labute approximate surface area is 151 Å². The number of hydrogen-bond acceptors (Lipinski definition) is 6. The largest absolute Gasteiger partial charge is 0.383 e. The number of benzene rings is 1. The third-order valence-electron chi connectivity index (χ3n) is 3.58. The van der Waals surface area contributed by atoms with Crippen LogP contribution < -0.4 is 5.32 Å². The highest BCUT2D eigenvalue weighted by atomic mass is 32.1. The molecule has 0 radical (unpaired) electrons. The lowest BCUT2D eigenvalue weighted by molar-refractivity contribution is -0.385. The van der Waals surface area contributed by atoms with Gasteiger partial charge in [-0.1, -0.05) is 12.1 Å². The predicted molar refractivity (Wildman–Crippen MR) is 97.0 cm³/mol. The quantitative estimate of drug-likeness (QED) is 0.508. The van der Waals surface area contributed by atoms with Crippen LogP contribution in [0.5, 0.6) is 0 Å². The molecule has 0 fully saturated rings. The highest BCUT2D eigenvalue weighted by Crippen LogP contribution is 2.29. The second-order valence-corrected chi connectivity index (χ2v) is 7.20. The third kappa shape index (κ3) is 3.93. The number of nitro groups is 1. The van der Waals surface area contributed by atoms with Crippen LogP contribution in [0.1, 0.15) is 31.8 Å². The number of hydrogen-bond donors (Lipinski definition) is 2. The lowest BCUT2D eigenvalue weighted by Crippen LogP contribution is -2.23. The van der Waals surface area contributed by atoms with Gasteiger partial charge in [0, 0.05) is 15.8 Å². The van der Waals surface area contributed by atoms with E-state index in [0.717, 1.165) is 15.3 Å². The van der Waals surface area contributed by atoms with Crippen LogP contribution in [0.15, 0.2) is 53.2 Å². The van der Waals surface area contributed by atoms with E-state index in [1.807, 2.05) is 29.0 Å². The molecule has 2 heterocycles. The highest BCUT2D eigenvalue weighted by molar-refractivity contribution is 7.12. The Bertz CT molecular complexity index is 890. The third-order valence-corrected chi connectivity index (χ3v) is 5.42. The minimum atomic E-state index is -0.684. The molecule has 0 saturated heterocycles. The molecule has 1 atom stereocenters. The van der Waals surface area contributed by atoms with Gasteiger partial charge in [-0.05, 0) is 40.6 Å². The number of nitro benzene ring substituents is 1. The van der Waals surface area contributed by atoms with E-state index >= 15 is 0 Å². The zero-order chi connectivity index (χ0) is 17.8. The molecule has 0 spiro atoms. The van der Waals surface area contributed by atoms with Crippen molar-refractivity contribution in [1.29, 1.82) is 0 Å². The topological polar surface area (TPSA) is 92.5 Å². The summed E-state index contributed by atoms with van der Waals surface area (Å²) >= 11 is 2.91. The molecule has 3 rings (SSSR count). The lowest BCUT2D eigenvalue weighted by atomic mass is 10.1. The number of amides is 1. The van der Waals surface area contributed by atoms with E-state index < -0.39 is 16.9 Å². The van der Waals surface area contributed by atoms with Gasteiger partial charge in [-0.15, -0.1) is 11.3 Å². The number of nitrogens with one attached hydrogen (secondary N) is 1. The summed E-state index contributed by atoms with van der Waals surface area (Å²) in [4.78, 5) is 24.3. The van der Waals surface area contributed by atoms with Crippen LogP contribution >= 0.6 is 22.7 Å². The van der Waals surface area contributed by atoms with Crippen LogP contribution in [0.25, 0.3) is 0 Å². The van der Waals surface area contributed by atoms with Crippen LogP contribution in [0.4, 0.5) is 5.69 Å². The monoisotopic (exact) mass is 374 g/mol. The Morgan fingerprint density at radius 3 is 2.76 bits per heavy atom. The van der Waals surface area contributed by atoms with Crippen molar-refractivity contribution in [1.82, 2.24) is 5.32 Å². The Morgan fingerprint density at radius 2 is 2.04 bits per heavy atom. The molecule has 1 aromatic carbocycles. The molecule has 128 valence electrons. The maximum absolute atomic E-state index is 12.2. The van der Waals surface area contributed by atoms with Gasteiger partial charge < -0.3 is 10.4 Å². The van der Waals surface area contributed by atoms with Crippen molar-refractivity contribution in [2.75, 3.05) is 0 Å². The minimum absolute atomic E-state index is 0.0302. The van der Waals surface area contributed by atoms with Gasteiger partial charge in [0.15, 0.2) is 0 Å². The molecule has 1 unspecified atom stereocenters. The summed E-state index contributed by atoms with van der Waals surface area (Å²) in [5, 5.41) is 27.8. The molecular weight excluding hydrogens is 360 g/mol. The van der Waals surface area contributed by atoms with Gasteiger partial charge in [-0.25, -0.2) is 0 Å². The number of thiophene rings is 2. The molecule has 0 saturated carbocycles. The molecule has 0 aliphatic carbocycles. The molecule has 25 heavy (non-hydrogen) atoms. The Balaban J connectivity index is 1.67. The molecule has 0 aliphatic rings. The lowest BCUT2D eigenvalue weighted by Gasteiger charge is -2.06. The standard InChI is InChI=1S/C17H14N2O4S2/c20-16(11-7-8-24-10-11)15-6-5-12(25-15)9-18-17(21)13-3-1-2-4-14(13)19(22)23/h1-8,10,16,20H,9H2,(H,18,21). The molecule has 2 aromatic heterocycles. The molecule has 3 aromatic rings. The fraction of sp³-hybridized carbons (Fsp3) is 0.118. The maximum Gasteiger partial charge on any atom is 0.282 e. The van der Waals surface area contributed by atoms with Gasteiger partial charge in [0.25, 0.3) is 11.6 Å². The second kappa shape index (κ2) is 7.56. The molecule has 1 amide bonds. The first-order chi connectivity index (χ1) is 12.1. The summed E-state index contributed by atoms with van der Waals surface area (Å²) in [6.07, 6.45) is -0.684. The summed E-state index contributed by atoms with van der Waals surface area (Å²) in [5.74, 6) is -0.499. The zero-order valence-corrected chi connectivity index (χ0v) is 14.5. The van der Waals surface area contributed by atoms with E-state index in [-0.39, 0.29) is 17.8 Å². The van der Waals surface area contributed by atoms with E-state index in [1.54, 1.807) is 6.07 Å². The van der Waals surface area contributed by atoms with Crippen molar-refractivity contribution in [3.63, 3.8) is 0 Å². The molecule has 8 heteroatoms. The van der Waals surface area contributed by atoms with Crippen molar-refractivity contribution in [2.45, 2.75) is 12.6 Å². The summed E-state index contributed by atoms with van der Waals surface area (Å²) in [7, 11) is 0.